The van der Waals surface area contributed by atoms with E-state index in [1.807, 2.05) is 11.8 Å². The Morgan fingerprint density at radius 2 is 2.35 bits per heavy atom. The summed E-state index contributed by atoms with van der Waals surface area (Å²) in [6.07, 6.45) is 3.09. The molecule has 2 atom stereocenters. The molecule has 94 valence electrons. The summed E-state index contributed by atoms with van der Waals surface area (Å²) in [7, 11) is 0. The van der Waals surface area contributed by atoms with E-state index in [1.165, 1.54) is 24.3 Å². The van der Waals surface area contributed by atoms with Gasteiger partial charge in [-0.3, -0.25) is 0 Å². The highest BCUT2D eigenvalue weighted by molar-refractivity contribution is 8.00. The minimum atomic E-state index is -0.297. The Kier molecular flexibility index (Phi) is 4.01. The van der Waals surface area contributed by atoms with Crippen molar-refractivity contribution < 1.29 is 4.39 Å². The first-order valence-corrected chi connectivity index (χ1v) is 7.21. The van der Waals surface area contributed by atoms with Crippen molar-refractivity contribution in [1.82, 2.24) is 0 Å². The molecule has 0 amide bonds. The van der Waals surface area contributed by atoms with Gasteiger partial charge in [-0.05, 0) is 49.6 Å². The summed E-state index contributed by atoms with van der Waals surface area (Å²) in [4.78, 5) is 0. The molecule has 1 fully saturated rings. The van der Waals surface area contributed by atoms with Gasteiger partial charge in [-0.2, -0.15) is 11.8 Å². The van der Waals surface area contributed by atoms with E-state index in [2.05, 4.69) is 6.92 Å². The Morgan fingerprint density at radius 1 is 1.59 bits per heavy atom. The van der Waals surface area contributed by atoms with Gasteiger partial charge in [0.15, 0.2) is 0 Å². The van der Waals surface area contributed by atoms with Crippen molar-refractivity contribution in [1.29, 1.82) is 0 Å². The number of nitrogens with two attached hydrogens (primary N) is 1. The second kappa shape index (κ2) is 5.17. The van der Waals surface area contributed by atoms with E-state index in [0.29, 0.717) is 11.4 Å². The van der Waals surface area contributed by atoms with Crippen LogP contribution in [-0.2, 0) is 6.42 Å². The fourth-order valence-electron chi connectivity index (χ4n) is 2.23. The fraction of sp³-hybridized carbons (Fsp3) is 0.538. The number of hydrogen-bond donors (Lipinski definition) is 1. The van der Waals surface area contributed by atoms with Crippen LogP contribution in [0.2, 0.25) is 5.02 Å². The second-order valence-corrected chi connectivity index (χ2v) is 6.85. The predicted molar refractivity (Wildman–Crippen MR) is 73.2 cm³/mol. The van der Waals surface area contributed by atoms with E-state index in [4.69, 9.17) is 17.3 Å². The molecule has 2 N–H and O–H groups in total. The zero-order chi connectivity index (χ0) is 12.5. The predicted octanol–water partition coefficient (Wildman–Crippen LogP) is 3.63. The minimum absolute atomic E-state index is 0.0676. The van der Waals surface area contributed by atoms with Crippen molar-refractivity contribution in [2.45, 2.75) is 37.0 Å². The third-order valence-electron chi connectivity index (χ3n) is 3.49. The average molecular weight is 274 g/mol. The van der Waals surface area contributed by atoms with Gasteiger partial charge in [0.2, 0.25) is 0 Å². The van der Waals surface area contributed by atoms with Gasteiger partial charge in [0.25, 0.3) is 0 Å². The van der Waals surface area contributed by atoms with Gasteiger partial charge in [0, 0.05) is 15.8 Å². The lowest BCUT2D eigenvalue weighted by molar-refractivity contribution is 0.482. The van der Waals surface area contributed by atoms with E-state index in [1.54, 1.807) is 6.07 Å². The number of hydrogen-bond acceptors (Lipinski definition) is 2. The Hall–Kier alpha value is -0.250. The quantitative estimate of drug-likeness (QED) is 0.910. The Balaban J connectivity index is 2.10. The molecule has 0 saturated carbocycles. The highest BCUT2D eigenvalue weighted by Gasteiger charge is 2.35. The summed E-state index contributed by atoms with van der Waals surface area (Å²) in [5.74, 6) is 0.884. The second-order valence-electron chi connectivity index (χ2n) is 4.81. The molecular formula is C13H17ClFNS. The molecule has 1 aliphatic rings. The average Bonchev–Trinajstić information content (AvgIpc) is 2.71. The summed E-state index contributed by atoms with van der Waals surface area (Å²) < 4.78 is 13.1. The Labute approximate surface area is 111 Å². The normalized spacial score (nSPS) is 26.1. The summed E-state index contributed by atoms with van der Waals surface area (Å²) in [5.41, 5.74) is 7.22. The molecular weight excluding hydrogens is 257 g/mol. The van der Waals surface area contributed by atoms with Crippen molar-refractivity contribution in [2.24, 2.45) is 5.73 Å². The molecule has 1 aromatic carbocycles. The summed E-state index contributed by atoms with van der Waals surface area (Å²) in [6, 6.07) is 4.60. The van der Waals surface area contributed by atoms with Gasteiger partial charge in [0.05, 0.1) is 0 Å². The number of benzene rings is 1. The lowest BCUT2D eigenvalue weighted by atomic mass is 9.91. The van der Waals surface area contributed by atoms with Crippen molar-refractivity contribution in [3.05, 3.63) is 34.6 Å². The maximum atomic E-state index is 12.9. The van der Waals surface area contributed by atoms with Crippen LogP contribution in [0, 0.1) is 5.82 Å². The third kappa shape index (κ3) is 2.95. The van der Waals surface area contributed by atoms with Crippen molar-refractivity contribution >= 4 is 23.4 Å². The van der Waals surface area contributed by atoms with Crippen molar-refractivity contribution in [3.63, 3.8) is 0 Å². The third-order valence-corrected chi connectivity index (χ3v) is 5.50. The van der Waals surface area contributed by atoms with Crippen LogP contribution in [0.4, 0.5) is 4.39 Å². The van der Waals surface area contributed by atoms with Gasteiger partial charge < -0.3 is 5.73 Å². The number of halogens is 2. The lowest BCUT2D eigenvalue weighted by Crippen LogP contribution is -2.42. The molecule has 2 unspecified atom stereocenters. The van der Waals surface area contributed by atoms with Crippen LogP contribution in [0.1, 0.15) is 25.3 Å². The van der Waals surface area contributed by atoms with Crippen LogP contribution in [0.25, 0.3) is 0 Å². The molecule has 0 aromatic heterocycles. The summed E-state index contributed by atoms with van der Waals surface area (Å²) >= 11 is 7.96. The molecule has 0 radical (unpaired) electrons. The van der Waals surface area contributed by atoms with E-state index in [-0.39, 0.29) is 16.6 Å². The monoisotopic (exact) mass is 273 g/mol. The van der Waals surface area contributed by atoms with E-state index in [0.717, 1.165) is 12.0 Å². The topological polar surface area (TPSA) is 26.0 Å². The van der Waals surface area contributed by atoms with Crippen LogP contribution in [0.3, 0.4) is 0 Å². The van der Waals surface area contributed by atoms with Crippen molar-refractivity contribution in [3.8, 4) is 0 Å². The summed E-state index contributed by atoms with van der Waals surface area (Å²) in [5, 5.41) is 0.479. The zero-order valence-corrected chi connectivity index (χ0v) is 11.5. The van der Waals surface area contributed by atoms with Gasteiger partial charge in [-0.25, -0.2) is 4.39 Å². The largest absolute Gasteiger partial charge is 0.326 e. The molecule has 0 aliphatic carbocycles. The van der Waals surface area contributed by atoms with E-state index in [9.17, 15) is 4.39 Å². The summed E-state index contributed by atoms with van der Waals surface area (Å²) in [6.45, 7) is 2.22. The first-order chi connectivity index (χ1) is 8.01. The van der Waals surface area contributed by atoms with Crippen LogP contribution in [0.5, 0.6) is 0 Å². The molecule has 4 heteroatoms. The van der Waals surface area contributed by atoms with Crippen molar-refractivity contribution in [2.75, 3.05) is 5.75 Å². The smallest absolute Gasteiger partial charge is 0.124 e. The van der Waals surface area contributed by atoms with Gasteiger partial charge >= 0.3 is 0 Å². The Morgan fingerprint density at radius 3 is 2.94 bits per heavy atom. The fourth-order valence-corrected chi connectivity index (χ4v) is 3.82. The first kappa shape index (κ1) is 13.2. The molecule has 0 bridgehead atoms. The molecule has 1 aromatic rings. The molecule has 2 rings (SSSR count). The lowest BCUT2D eigenvalue weighted by Gasteiger charge is -2.30. The highest BCUT2D eigenvalue weighted by Crippen LogP contribution is 2.40. The molecule has 17 heavy (non-hydrogen) atoms. The SMILES string of the molecule is CC1(C(N)Cc2ccc(F)cc2Cl)CCCS1. The van der Waals surface area contributed by atoms with Crippen LogP contribution in [-0.4, -0.2) is 16.5 Å². The molecule has 1 saturated heterocycles. The van der Waals surface area contributed by atoms with Crippen LogP contribution in [0.15, 0.2) is 18.2 Å². The Bertz CT molecular complexity index is 404. The first-order valence-electron chi connectivity index (χ1n) is 5.85. The molecule has 1 heterocycles. The van der Waals surface area contributed by atoms with Crippen LogP contribution >= 0.6 is 23.4 Å². The molecule has 0 spiro atoms. The van der Waals surface area contributed by atoms with Gasteiger partial charge in [-0.1, -0.05) is 17.7 Å². The molecule has 1 aliphatic heterocycles. The van der Waals surface area contributed by atoms with E-state index >= 15 is 0 Å². The van der Waals surface area contributed by atoms with Crippen LogP contribution < -0.4 is 5.73 Å². The highest BCUT2D eigenvalue weighted by atomic mass is 35.5. The zero-order valence-electron chi connectivity index (χ0n) is 9.88. The number of thioether (sulfide) groups is 1. The standard InChI is InChI=1S/C13H17ClFNS/c1-13(5-2-6-17-13)12(16)7-9-3-4-10(15)8-11(9)14/h3-4,8,12H,2,5-7,16H2,1H3. The minimum Gasteiger partial charge on any atom is -0.326 e. The maximum absolute atomic E-state index is 12.9. The molecule has 1 nitrogen and oxygen atoms in total. The number of rotatable bonds is 3. The maximum Gasteiger partial charge on any atom is 0.124 e. The van der Waals surface area contributed by atoms with Gasteiger partial charge in [0.1, 0.15) is 5.82 Å². The van der Waals surface area contributed by atoms with Gasteiger partial charge in [-0.15, -0.1) is 0 Å². The van der Waals surface area contributed by atoms with E-state index < -0.39 is 0 Å².